The van der Waals surface area contributed by atoms with E-state index >= 15 is 0 Å². The van der Waals surface area contributed by atoms with E-state index in [-0.39, 0.29) is 6.54 Å². The monoisotopic (exact) mass is 360 g/mol. The summed E-state index contributed by atoms with van der Waals surface area (Å²) in [6, 6.07) is 11.1. The highest BCUT2D eigenvalue weighted by Gasteiger charge is 2.42. The number of carbonyl (C=O) groups excluding carboxylic acids is 4. The SMILES string of the molecule is C=C[C@H](CN1C(=O)c2ccccc2C1=O)N1C(=O)C(=O)c2cc(C)ccc21. The minimum atomic E-state index is -0.701. The third-order valence-electron chi connectivity index (χ3n) is 4.92. The number of aryl methyl sites for hydroxylation is 1. The molecule has 0 radical (unpaired) electrons. The molecule has 3 amide bonds. The molecule has 2 aromatic rings. The summed E-state index contributed by atoms with van der Waals surface area (Å²) in [4.78, 5) is 52.6. The fourth-order valence-corrected chi connectivity index (χ4v) is 3.56. The van der Waals surface area contributed by atoms with E-state index in [0.717, 1.165) is 10.5 Å². The van der Waals surface area contributed by atoms with Crippen molar-refractivity contribution >= 4 is 29.2 Å². The molecule has 0 aliphatic carbocycles. The number of Topliss-reactive ketones (excluding diaryl/α,β-unsaturated/α-hetero) is 1. The fourth-order valence-electron chi connectivity index (χ4n) is 3.56. The summed E-state index contributed by atoms with van der Waals surface area (Å²) < 4.78 is 0. The number of amides is 3. The molecule has 134 valence electrons. The average molecular weight is 360 g/mol. The Morgan fingerprint density at radius 3 is 2.15 bits per heavy atom. The zero-order valence-electron chi connectivity index (χ0n) is 14.6. The van der Waals surface area contributed by atoms with Crippen molar-refractivity contribution < 1.29 is 19.2 Å². The largest absolute Gasteiger partial charge is 0.300 e. The number of fused-ring (bicyclic) bond motifs is 2. The van der Waals surface area contributed by atoms with Crippen molar-refractivity contribution in [2.45, 2.75) is 13.0 Å². The molecule has 0 aromatic heterocycles. The summed E-state index contributed by atoms with van der Waals surface area (Å²) >= 11 is 0. The third-order valence-corrected chi connectivity index (χ3v) is 4.92. The number of imide groups is 1. The Balaban J connectivity index is 1.68. The van der Waals surface area contributed by atoms with Gasteiger partial charge < -0.3 is 0 Å². The number of carbonyl (C=O) groups is 4. The Bertz CT molecular complexity index is 1010. The predicted octanol–water partition coefficient (Wildman–Crippen LogP) is 2.38. The third kappa shape index (κ3) is 2.41. The van der Waals surface area contributed by atoms with Gasteiger partial charge in [0.05, 0.1) is 35.0 Å². The summed E-state index contributed by atoms with van der Waals surface area (Å²) in [6.07, 6.45) is 1.48. The normalized spacial score (nSPS) is 16.6. The Kier molecular flexibility index (Phi) is 3.77. The Morgan fingerprint density at radius 1 is 0.926 bits per heavy atom. The smallest absolute Gasteiger partial charge is 0.296 e. The molecule has 0 unspecified atom stereocenters. The number of hydrogen-bond donors (Lipinski definition) is 0. The van der Waals surface area contributed by atoms with Gasteiger partial charge in [0, 0.05) is 0 Å². The maximum Gasteiger partial charge on any atom is 0.300 e. The molecule has 0 spiro atoms. The van der Waals surface area contributed by atoms with Crippen LogP contribution in [0.4, 0.5) is 5.69 Å². The molecule has 2 aromatic carbocycles. The Hall–Kier alpha value is -3.54. The first-order valence-electron chi connectivity index (χ1n) is 8.50. The lowest BCUT2D eigenvalue weighted by molar-refractivity contribution is -0.114. The van der Waals surface area contributed by atoms with Crippen molar-refractivity contribution in [3.05, 3.63) is 77.4 Å². The summed E-state index contributed by atoms with van der Waals surface area (Å²) in [5.74, 6) is -2.10. The van der Waals surface area contributed by atoms with E-state index in [9.17, 15) is 19.2 Å². The van der Waals surface area contributed by atoms with Crippen LogP contribution in [0.15, 0.2) is 55.1 Å². The summed E-state index contributed by atoms with van der Waals surface area (Å²) in [7, 11) is 0. The van der Waals surface area contributed by atoms with Gasteiger partial charge in [0.1, 0.15) is 0 Å². The van der Waals surface area contributed by atoms with Gasteiger partial charge >= 0.3 is 0 Å². The van der Waals surface area contributed by atoms with Gasteiger partial charge in [-0.15, -0.1) is 6.58 Å². The van der Waals surface area contributed by atoms with E-state index < -0.39 is 29.5 Å². The molecule has 0 bridgehead atoms. The van der Waals surface area contributed by atoms with Crippen molar-refractivity contribution in [3.8, 4) is 0 Å². The molecule has 0 saturated carbocycles. The summed E-state index contributed by atoms with van der Waals surface area (Å²) in [6.45, 7) is 5.51. The predicted molar refractivity (Wildman–Crippen MR) is 98.8 cm³/mol. The first-order valence-corrected chi connectivity index (χ1v) is 8.50. The van der Waals surface area contributed by atoms with Crippen LogP contribution in [-0.2, 0) is 4.79 Å². The van der Waals surface area contributed by atoms with Gasteiger partial charge in [0.25, 0.3) is 23.5 Å². The zero-order valence-corrected chi connectivity index (χ0v) is 14.6. The molecule has 0 fully saturated rings. The number of anilines is 1. The number of benzene rings is 2. The average Bonchev–Trinajstić information content (AvgIpc) is 3.06. The standard InChI is InChI=1S/C21H16N2O4/c1-3-13(11-22-19(25)14-6-4-5-7-15(14)20(22)26)23-17-9-8-12(2)10-16(17)18(24)21(23)27/h3-10,13H,1,11H2,2H3/t13-/m1/s1. The van der Waals surface area contributed by atoms with Crippen LogP contribution in [0.2, 0.25) is 0 Å². The van der Waals surface area contributed by atoms with Gasteiger partial charge in [0.2, 0.25) is 0 Å². The summed E-state index contributed by atoms with van der Waals surface area (Å²) in [5, 5.41) is 0. The first-order chi connectivity index (χ1) is 12.9. The van der Waals surface area contributed by atoms with Crippen LogP contribution in [-0.4, -0.2) is 41.0 Å². The topological polar surface area (TPSA) is 74.8 Å². The lowest BCUT2D eigenvalue weighted by Crippen LogP contribution is -2.47. The zero-order chi connectivity index (χ0) is 19.3. The lowest BCUT2D eigenvalue weighted by atomic mass is 10.1. The van der Waals surface area contributed by atoms with E-state index in [1.807, 2.05) is 6.92 Å². The quantitative estimate of drug-likeness (QED) is 0.477. The van der Waals surface area contributed by atoms with Crippen LogP contribution in [0.1, 0.15) is 36.6 Å². The number of nitrogens with zero attached hydrogens (tertiary/aromatic N) is 2. The van der Waals surface area contributed by atoms with Gasteiger partial charge in [-0.25, -0.2) is 0 Å². The maximum atomic E-state index is 12.6. The highest BCUT2D eigenvalue weighted by Crippen LogP contribution is 2.33. The highest BCUT2D eigenvalue weighted by molar-refractivity contribution is 6.52. The van der Waals surface area contributed by atoms with E-state index in [1.165, 1.54) is 11.0 Å². The van der Waals surface area contributed by atoms with E-state index in [0.29, 0.717) is 22.4 Å². The van der Waals surface area contributed by atoms with Crippen molar-refractivity contribution in [2.24, 2.45) is 0 Å². The van der Waals surface area contributed by atoms with Crippen LogP contribution in [0.3, 0.4) is 0 Å². The molecule has 27 heavy (non-hydrogen) atoms. The maximum absolute atomic E-state index is 12.6. The van der Waals surface area contributed by atoms with Crippen LogP contribution in [0.5, 0.6) is 0 Å². The van der Waals surface area contributed by atoms with E-state index in [4.69, 9.17) is 0 Å². The number of rotatable bonds is 4. The van der Waals surface area contributed by atoms with Gasteiger partial charge in [-0.1, -0.05) is 29.8 Å². The molecule has 0 N–H and O–H groups in total. The molecule has 0 saturated heterocycles. The van der Waals surface area contributed by atoms with Gasteiger partial charge in [-0.05, 0) is 31.2 Å². The summed E-state index contributed by atoms with van der Waals surface area (Å²) in [5.41, 5.74) is 2.34. The second-order valence-electron chi connectivity index (χ2n) is 6.59. The molecule has 2 aliphatic rings. The second-order valence-corrected chi connectivity index (χ2v) is 6.59. The van der Waals surface area contributed by atoms with Crippen LogP contribution >= 0.6 is 0 Å². The van der Waals surface area contributed by atoms with E-state index in [2.05, 4.69) is 6.58 Å². The van der Waals surface area contributed by atoms with Crippen LogP contribution in [0.25, 0.3) is 0 Å². The number of hydrogen-bond acceptors (Lipinski definition) is 4. The van der Waals surface area contributed by atoms with Crippen molar-refractivity contribution in [1.29, 1.82) is 0 Å². The fraction of sp³-hybridized carbons (Fsp3) is 0.143. The van der Waals surface area contributed by atoms with Gasteiger partial charge in [-0.2, -0.15) is 0 Å². The molecule has 4 rings (SSSR count). The molecule has 6 heteroatoms. The lowest BCUT2D eigenvalue weighted by Gasteiger charge is -2.28. The molecular formula is C21H16N2O4. The molecule has 2 aliphatic heterocycles. The molecule has 2 heterocycles. The minimum Gasteiger partial charge on any atom is -0.296 e. The van der Waals surface area contributed by atoms with Gasteiger partial charge in [0.15, 0.2) is 0 Å². The Morgan fingerprint density at radius 2 is 1.56 bits per heavy atom. The molecule has 6 nitrogen and oxygen atoms in total. The number of ketones is 1. The van der Waals surface area contributed by atoms with Crippen LogP contribution in [0, 0.1) is 6.92 Å². The molecule has 1 atom stereocenters. The van der Waals surface area contributed by atoms with Crippen molar-refractivity contribution in [1.82, 2.24) is 4.90 Å². The minimum absolute atomic E-state index is 0.0673. The van der Waals surface area contributed by atoms with Crippen molar-refractivity contribution in [2.75, 3.05) is 11.4 Å². The second kappa shape index (κ2) is 6.02. The van der Waals surface area contributed by atoms with E-state index in [1.54, 1.807) is 42.5 Å². The molecular weight excluding hydrogens is 344 g/mol. The first kappa shape index (κ1) is 16.9. The van der Waals surface area contributed by atoms with Crippen molar-refractivity contribution in [3.63, 3.8) is 0 Å². The Labute approximate surface area is 155 Å². The van der Waals surface area contributed by atoms with Gasteiger partial charge in [-0.3, -0.25) is 29.0 Å². The van der Waals surface area contributed by atoms with Crippen LogP contribution < -0.4 is 4.90 Å². The highest BCUT2D eigenvalue weighted by atomic mass is 16.2.